The molecule has 2 aromatic rings. The molecule has 0 aliphatic carbocycles. The number of hydrogen-bond donors (Lipinski definition) is 0. The van der Waals surface area contributed by atoms with Gasteiger partial charge in [-0.2, -0.15) is 0 Å². The van der Waals surface area contributed by atoms with Crippen molar-refractivity contribution in [3.63, 3.8) is 0 Å². The number of rotatable bonds is 8. The predicted octanol–water partition coefficient (Wildman–Crippen LogP) is 4.02. The van der Waals surface area contributed by atoms with Crippen molar-refractivity contribution < 1.29 is 19.0 Å². The molecular formula is C19H22O4. The third kappa shape index (κ3) is 5.33. The van der Waals surface area contributed by atoms with E-state index in [-0.39, 0.29) is 12.6 Å². The van der Waals surface area contributed by atoms with E-state index in [4.69, 9.17) is 14.2 Å². The largest absolute Gasteiger partial charge is 0.493 e. The van der Waals surface area contributed by atoms with Crippen LogP contribution in [0.4, 0.5) is 0 Å². The summed E-state index contributed by atoms with van der Waals surface area (Å²) < 4.78 is 16.3. The Hall–Kier alpha value is -2.49. The maximum absolute atomic E-state index is 12.0. The fourth-order valence-electron chi connectivity index (χ4n) is 2.04. The van der Waals surface area contributed by atoms with Crippen molar-refractivity contribution in [3.8, 4) is 11.5 Å². The van der Waals surface area contributed by atoms with Gasteiger partial charge in [-0.1, -0.05) is 25.1 Å². The van der Waals surface area contributed by atoms with Gasteiger partial charge >= 0.3 is 5.97 Å². The molecule has 0 aliphatic rings. The van der Waals surface area contributed by atoms with E-state index in [0.717, 1.165) is 23.5 Å². The summed E-state index contributed by atoms with van der Waals surface area (Å²) in [5, 5.41) is 0. The molecule has 0 saturated heterocycles. The van der Waals surface area contributed by atoms with Crippen molar-refractivity contribution in [2.24, 2.45) is 0 Å². The summed E-state index contributed by atoms with van der Waals surface area (Å²) in [6.45, 7) is 5.17. The van der Waals surface area contributed by atoms with Crippen molar-refractivity contribution >= 4 is 5.97 Å². The molecule has 0 spiro atoms. The van der Waals surface area contributed by atoms with Crippen LogP contribution in [0.15, 0.2) is 48.5 Å². The van der Waals surface area contributed by atoms with Gasteiger partial charge in [-0.05, 0) is 49.2 Å². The van der Waals surface area contributed by atoms with Crippen LogP contribution in [-0.2, 0) is 4.74 Å². The lowest BCUT2D eigenvalue weighted by Gasteiger charge is -2.10. The van der Waals surface area contributed by atoms with E-state index in [9.17, 15) is 4.79 Å². The van der Waals surface area contributed by atoms with E-state index in [2.05, 4.69) is 6.92 Å². The van der Waals surface area contributed by atoms with Crippen LogP contribution in [0, 0.1) is 6.92 Å². The van der Waals surface area contributed by atoms with Crippen LogP contribution in [0.3, 0.4) is 0 Å². The van der Waals surface area contributed by atoms with Crippen LogP contribution in [0.25, 0.3) is 0 Å². The number of para-hydroxylation sites is 1. The van der Waals surface area contributed by atoms with Gasteiger partial charge in [-0.25, -0.2) is 4.79 Å². The summed E-state index contributed by atoms with van der Waals surface area (Å²) >= 11 is 0. The molecule has 2 rings (SSSR count). The Balaban J connectivity index is 1.80. The monoisotopic (exact) mass is 314 g/mol. The second-order valence-electron chi connectivity index (χ2n) is 5.13. The van der Waals surface area contributed by atoms with Crippen LogP contribution in [0.1, 0.15) is 29.3 Å². The summed E-state index contributed by atoms with van der Waals surface area (Å²) in [7, 11) is 0. The Kier molecular flexibility index (Phi) is 6.48. The van der Waals surface area contributed by atoms with E-state index < -0.39 is 0 Å². The lowest BCUT2D eigenvalue weighted by Crippen LogP contribution is -2.12. The smallest absolute Gasteiger partial charge is 0.338 e. The first kappa shape index (κ1) is 16.9. The van der Waals surface area contributed by atoms with Gasteiger partial charge in [0.2, 0.25) is 0 Å². The van der Waals surface area contributed by atoms with Gasteiger partial charge in [0.05, 0.1) is 12.2 Å². The zero-order chi connectivity index (χ0) is 16.5. The highest BCUT2D eigenvalue weighted by molar-refractivity contribution is 5.89. The Morgan fingerprint density at radius 1 is 0.957 bits per heavy atom. The van der Waals surface area contributed by atoms with Crippen molar-refractivity contribution in [3.05, 3.63) is 59.7 Å². The number of hydrogen-bond acceptors (Lipinski definition) is 4. The molecule has 2 aromatic carbocycles. The Morgan fingerprint density at radius 3 is 2.43 bits per heavy atom. The van der Waals surface area contributed by atoms with Gasteiger partial charge in [0.25, 0.3) is 0 Å². The van der Waals surface area contributed by atoms with Crippen LogP contribution < -0.4 is 9.47 Å². The number of aryl methyl sites for hydroxylation is 1. The highest BCUT2D eigenvalue weighted by atomic mass is 16.6. The topological polar surface area (TPSA) is 44.8 Å². The molecule has 4 nitrogen and oxygen atoms in total. The van der Waals surface area contributed by atoms with Crippen molar-refractivity contribution in [1.82, 2.24) is 0 Å². The molecule has 0 saturated carbocycles. The standard InChI is InChI=1S/C19H22O4/c1-3-11-22-18-10-9-16(14-15(18)2)19(20)23-13-12-21-17-7-5-4-6-8-17/h4-10,14H,3,11-13H2,1-2H3. The molecule has 0 fully saturated rings. The maximum atomic E-state index is 12.0. The van der Waals surface area contributed by atoms with Gasteiger partial charge in [-0.3, -0.25) is 0 Å². The van der Waals surface area contributed by atoms with E-state index in [1.165, 1.54) is 0 Å². The van der Waals surface area contributed by atoms with E-state index >= 15 is 0 Å². The average molecular weight is 314 g/mol. The molecule has 0 aromatic heterocycles. The summed E-state index contributed by atoms with van der Waals surface area (Å²) in [6.07, 6.45) is 0.949. The first-order valence-electron chi connectivity index (χ1n) is 7.79. The van der Waals surface area contributed by atoms with Crippen molar-refractivity contribution in [2.75, 3.05) is 19.8 Å². The average Bonchev–Trinajstić information content (AvgIpc) is 2.58. The highest BCUT2D eigenvalue weighted by Gasteiger charge is 2.09. The van der Waals surface area contributed by atoms with Gasteiger partial charge in [0, 0.05) is 0 Å². The molecule has 0 radical (unpaired) electrons. The normalized spacial score (nSPS) is 10.2. The minimum Gasteiger partial charge on any atom is -0.493 e. The van der Waals surface area contributed by atoms with Crippen LogP contribution in [0.5, 0.6) is 11.5 Å². The first-order chi connectivity index (χ1) is 11.2. The number of benzene rings is 2. The lowest BCUT2D eigenvalue weighted by atomic mass is 10.1. The van der Waals surface area contributed by atoms with E-state index in [1.54, 1.807) is 12.1 Å². The minimum atomic E-state index is -0.355. The maximum Gasteiger partial charge on any atom is 0.338 e. The molecule has 4 heteroatoms. The van der Waals surface area contributed by atoms with Crippen LogP contribution in [0.2, 0.25) is 0 Å². The number of carbonyl (C=O) groups is 1. The minimum absolute atomic E-state index is 0.209. The van der Waals surface area contributed by atoms with Gasteiger partial charge in [-0.15, -0.1) is 0 Å². The Morgan fingerprint density at radius 2 is 1.74 bits per heavy atom. The number of esters is 1. The van der Waals surface area contributed by atoms with Crippen molar-refractivity contribution in [1.29, 1.82) is 0 Å². The molecule has 0 atom stereocenters. The van der Waals surface area contributed by atoms with Gasteiger partial charge in [0.1, 0.15) is 24.7 Å². The van der Waals surface area contributed by atoms with E-state index in [1.807, 2.05) is 43.3 Å². The Bertz CT molecular complexity index is 623. The first-order valence-corrected chi connectivity index (χ1v) is 7.79. The molecular weight excluding hydrogens is 292 g/mol. The summed E-state index contributed by atoms with van der Waals surface area (Å²) in [6, 6.07) is 14.7. The third-order valence-electron chi connectivity index (χ3n) is 3.20. The SMILES string of the molecule is CCCOc1ccc(C(=O)OCCOc2ccccc2)cc1C. The van der Waals surface area contributed by atoms with Gasteiger partial charge < -0.3 is 14.2 Å². The molecule has 0 unspecified atom stereocenters. The number of carbonyl (C=O) groups excluding carboxylic acids is 1. The van der Waals surface area contributed by atoms with Gasteiger partial charge in [0.15, 0.2) is 0 Å². The van der Waals surface area contributed by atoms with Crippen molar-refractivity contribution in [2.45, 2.75) is 20.3 Å². The zero-order valence-electron chi connectivity index (χ0n) is 13.6. The fraction of sp³-hybridized carbons (Fsp3) is 0.316. The predicted molar refractivity (Wildman–Crippen MR) is 89.2 cm³/mol. The molecule has 122 valence electrons. The molecule has 0 N–H and O–H groups in total. The Labute approximate surface area is 137 Å². The highest BCUT2D eigenvalue weighted by Crippen LogP contribution is 2.20. The summed E-state index contributed by atoms with van der Waals surface area (Å²) in [5.74, 6) is 1.21. The van der Waals surface area contributed by atoms with E-state index in [0.29, 0.717) is 18.8 Å². The third-order valence-corrected chi connectivity index (χ3v) is 3.20. The van der Waals surface area contributed by atoms with Crippen LogP contribution in [-0.4, -0.2) is 25.8 Å². The molecule has 23 heavy (non-hydrogen) atoms. The summed E-state index contributed by atoms with van der Waals surface area (Å²) in [5.41, 5.74) is 1.44. The second-order valence-corrected chi connectivity index (χ2v) is 5.13. The molecule has 0 aliphatic heterocycles. The zero-order valence-corrected chi connectivity index (χ0v) is 13.6. The molecule has 0 bridgehead atoms. The second kappa shape index (κ2) is 8.83. The number of ether oxygens (including phenoxy) is 3. The lowest BCUT2D eigenvalue weighted by molar-refractivity contribution is 0.0450. The quantitative estimate of drug-likeness (QED) is 0.545. The fourth-order valence-corrected chi connectivity index (χ4v) is 2.04. The molecule has 0 heterocycles. The summed E-state index contributed by atoms with van der Waals surface area (Å²) in [4.78, 5) is 12.0. The molecule has 0 amide bonds. The van der Waals surface area contributed by atoms with Crippen LogP contribution >= 0.6 is 0 Å².